The predicted octanol–water partition coefficient (Wildman–Crippen LogP) is 6.05. The Bertz CT molecular complexity index is 1090. The molecule has 6 nitrogen and oxygen atoms in total. The van der Waals surface area contributed by atoms with Gasteiger partial charge in [0.05, 0.1) is 5.56 Å². The highest BCUT2D eigenvalue weighted by Crippen LogP contribution is 2.30. The van der Waals surface area contributed by atoms with E-state index in [1.54, 1.807) is 29.2 Å². The number of aryl methyl sites for hydroxylation is 1. The van der Waals surface area contributed by atoms with E-state index in [9.17, 15) is 18.0 Å². The Morgan fingerprint density at radius 1 is 0.971 bits per heavy atom. The van der Waals surface area contributed by atoms with Crippen molar-refractivity contribution in [3.63, 3.8) is 0 Å². The zero-order valence-corrected chi connectivity index (χ0v) is 18.6. The van der Waals surface area contributed by atoms with Crippen LogP contribution >= 0.6 is 0 Å². The predicted molar refractivity (Wildman–Crippen MR) is 119 cm³/mol. The van der Waals surface area contributed by atoms with Crippen LogP contribution in [0.4, 0.5) is 18.0 Å². The van der Waals surface area contributed by atoms with Crippen molar-refractivity contribution < 1.29 is 27.4 Å². The number of hydrogen-bond acceptors (Lipinski definition) is 5. The molecule has 3 aromatic rings. The molecule has 9 heteroatoms. The van der Waals surface area contributed by atoms with Gasteiger partial charge in [0.25, 0.3) is 0 Å². The molecule has 34 heavy (non-hydrogen) atoms. The summed E-state index contributed by atoms with van der Waals surface area (Å²) in [7, 11) is 0. The van der Waals surface area contributed by atoms with Crippen molar-refractivity contribution in [3.05, 3.63) is 77.7 Å². The average Bonchev–Trinajstić information content (AvgIpc) is 2.82. The summed E-state index contributed by atoms with van der Waals surface area (Å²) in [5.74, 6) is 1.22. The number of piperidine rings is 1. The molecule has 0 atom stereocenters. The molecule has 1 aliphatic heterocycles. The molecule has 0 unspecified atom stereocenters. The van der Waals surface area contributed by atoms with Crippen LogP contribution in [0.5, 0.6) is 17.4 Å². The lowest BCUT2D eigenvalue weighted by molar-refractivity contribution is -0.137. The van der Waals surface area contributed by atoms with Crippen molar-refractivity contribution in [2.45, 2.75) is 32.4 Å². The first kappa shape index (κ1) is 23.5. The van der Waals surface area contributed by atoms with Gasteiger partial charge in [0.2, 0.25) is 5.88 Å². The summed E-state index contributed by atoms with van der Waals surface area (Å²) >= 11 is 0. The monoisotopic (exact) mass is 471 g/mol. The van der Waals surface area contributed by atoms with Crippen LogP contribution < -0.4 is 9.47 Å². The molecule has 0 N–H and O–H groups in total. The van der Waals surface area contributed by atoms with Gasteiger partial charge in [-0.15, -0.1) is 0 Å². The van der Waals surface area contributed by atoms with E-state index in [2.05, 4.69) is 22.1 Å². The number of rotatable bonds is 5. The SMILES string of the molecule is Cc1ccc(CC2CCN(C(=O)Oc3ccc(Oc4ccc(C(F)(F)F)cn4)cc3)CC2)nc1. The third-order valence-corrected chi connectivity index (χ3v) is 5.66. The Kier molecular flexibility index (Phi) is 7.00. The average molecular weight is 471 g/mol. The third kappa shape index (κ3) is 6.24. The maximum absolute atomic E-state index is 12.6. The highest BCUT2D eigenvalue weighted by molar-refractivity contribution is 5.70. The topological polar surface area (TPSA) is 64.6 Å². The molecule has 178 valence electrons. The lowest BCUT2D eigenvalue weighted by Gasteiger charge is -2.31. The van der Waals surface area contributed by atoms with Gasteiger partial charge in [-0.2, -0.15) is 13.2 Å². The molecule has 3 heterocycles. The van der Waals surface area contributed by atoms with Crippen LogP contribution in [0.3, 0.4) is 0 Å². The van der Waals surface area contributed by atoms with Crippen molar-refractivity contribution in [2.75, 3.05) is 13.1 Å². The van der Waals surface area contributed by atoms with Gasteiger partial charge in [-0.25, -0.2) is 9.78 Å². The van der Waals surface area contributed by atoms with Crippen LogP contribution in [0.15, 0.2) is 60.9 Å². The summed E-state index contributed by atoms with van der Waals surface area (Å²) < 4.78 is 48.8. The van der Waals surface area contributed by atoms with E-state index in [1.165, 1.54) is 0 Å². The maximum Gasteiger partial charge on any atom is 0.417 e. The van der Waals surface area contributed by atoms with Crippen molar-refractivity contribution in [2.24, 2.45) is 5.92 Å². The fraction of sp³-hybridized carbons (Fsp3) is 0.320. The van der Waals surface area contributed by atoms with E-state index in [1.807, 2.05) is 13.1 Å². The second-order valence-corrected chi connectivity index (χ2v) is 8.29. The minimum Gasteiger partial charge on any atom is -0.439 e. The number of alkyl halides is 3. The summed E-state index contributed by atoms with van der Waals surface area (Å²) in [5, 5.41) is 0. The van der Waals surface area contributed by atoms with Gasteiger partial charge in [0, 0.05) is 37.2 Å². The molecule has 1 saturated heterocycles. The molecule has 0 radical (unpaired) electrons. The Balaban J connectivity index is 1.25. The number of aromatic nitrogens is 2. The zero-order chi connectivity index (χ0) is 24.1. The number of ether oxygens (including phenoxy) is 2. The van der Waals surface area contributed by atoms with Gasteiger partial charge in [0.1, 0.15) is 11.5 Å². The molecule has 0 spiro atoms. The first-order valence-corrected chi connectivity index (χ1v) is 11.0. The summed E-state index contributed by atoms with van der Waals surface area (Å²) in [6.45, 7) is 3.25. The lowest BCUT2D eigenvalue weighted by Crippen LogP contribution is -2.40. The smallest absolute Gasteiger partial charge is 0.417 e. The summed E-state index contributed by atoms with van der Waals surface area (Å²) in [5.41, 5.74) is 1.36. The number of hydrogen-bond donors (Lipinski definition) is 0. The van der Waals surface area contributed by atoms with Gasteiger partial charge in [-0.1, -0.05) is 6.07 Å². The van der Waals surface area contributed by atoms with E-state index in [4.69, 9.17) is 9.47 Å². The Hall–Kier alpha value is -3.62. The van der Waals surface area contributed by atoms with E-state index < -0.39 is 17.8 Å². The van der Waals surface area contributed by atoms with Gasteiger partial charge in [-0.05, 0) is 74.1 Å². The lowest BCUT2D eigenvalue weighted by atomic mass is 9.92. The second-order valence-electron chi connectivity index (χ2n) is 8.29. The van der Waals surface area contributed by atoms with Gasteiger partial charge >= 0.3 is 12.3 Å². The van der Waals surface area contributed by atoms with Crippen LogP contribution in [0.25, 0.3) is 0 Å². The fourth-order valence-corrected chi connectivity index (χ4v) is 3.70. The van der Waals surface area contributed by atoms with E-state index in [0.29, 0.717) is 36.7 Å². The number of carbonyl (C=O) groups excluding carboxylic acids is 1. The highest BCUT2D eigenvalue weighted by atomic mass is 19.4. The number of amides is 1. The van der Waals surface area contributed by atoms with Gasteiger partial charge < -0.3 is 14.4 Å². The minimum absolute atomic E-state index is 0.0291. The first-order chi connectivity index (χ1) is 16.3. The van der Waals surface area contributed by atoms with Crippen LogP contribution in [0.2, 0.25) is 0 Å². The maximum atomic E-state index is 12.6. The van der Waals surface area contributed by atoms with Crippen LogP contribution in [0.1, 0.15) is 29.7 Å². The zero-order valence-electron chi connectivity index (χ0n) is 18.6. The van der Waals surface area contributed by atoms with Crippen molar-refractivity contribution in [3.8, 4) is 17.4 Å². The minimum atomic E-state index is -4.45. The number of halogens is 3. The molecular formula is C25H24F3N3O3. The number of pyridine rings is 2. The first-order valence-electron chi connectivity index (χ1n) is 11.0. The Labute approximate surface area is 195 Å². The molecule has 1 fully saturated rings. The molecule has 0 bridgehead atoms. The van der Waals surface area contributed by atoms with Crippen LogP contribution in [-0.4, -0.2) is 34.1 Å². The van der Waals surface area contributed by atoms with Crippen molar-refractivity contribution in [1.82, 2.24) is 14.9 Å². The quantitative estimate of drug-likeness (QED) is 0.453. The molecule has 4 rings (SSSR count). The Morgan fingerprint density at radius 2 is 1.68 bits per heavy atom. The second kappa shape index (κ2) is 10.1. The van der Waals surface area contributed by atoms with Gasteiger partial charge in [-0.3, -0.25) is 4.98 Å². The number of carbonyl (C=O) groups is 1. The molecule has 1 aliphatic rings. The normalized spacial score (nSPS) is 14.6. The van der Waals surface area contributed by atoms with Gasteiger partial charge in [0.15, 0.2) is 0 Å². The summed E-state index contributed by atoms with van der Waals surface area (Å²) in [6, 6.07) is 12.4. The molecule has 2 aromatic heterocycles. The highest BCUT2D eigenvalue weighted by Gasteiger charge is 2.30. The number of benzene rings is 1. The Morgan fingerprint density at radius 3 is 2.26 bits per heavy atom. The number of likely N-dealkylation sites (tertiary alicyclic amines) is 1. The molecular weight excluding hydrogens is 447 g/mol. The molecule has 1 amide bonds. The molecule has 0 aliphatic carbocycles. The van der Waals surface area contributed by atoms with E-state index in [-0.39, 0.29) is 5.88 Å². The standard InChI is InChI=1S/C25H24F3N3O3/c1-17-2-4-20(29-15-17)14-18-10-12-31(13-11-18)24(32)34-22-7-5-21(6-8-22)33-23-9-3-19(16-30-23)25(26,27)28/h2-9,15-16,18H,10-14H2,1H3. The van der Waals surface area contributed by atoms with Crippen molar-refractivity contribution in [1.29, 1.82) is 0 Å². The van der Waals surface area contributed by atoms with Crippen LogP contribution in [0, 0.1) is 12.8 Å². The molecule has 1 aromatic carbocycles. The fourth-order valence-electron chi connectivity index (χ4n) is 3.70. The van der Waals surface area contributed by atoms with E-state index >= 15 is 0 Å². The molecule has 0 saturated carbocycles. The largest absolute Gasteiger partial charge is 0.439 e. The summed E-state index contributed by atoms with van der Waals surface area (Å²) in [4.78, 5) is 22.3. The summed E-state index contributed by atoms with van der Waals surface area (Å²) in [6.07, 6.45) is 0.396. The van der Waals surface area contributed by atoms with E-state index in [0.717, 1.165) is 42.7 Å². The van der Waals surface area contributed by atoms with Crippen LogP contribution in [-0.2, 0) is 12.6 Å². The van der Waals surface area contributed by atoms with Crippen molar-refractivity contribution >= 4 is 6.09 Å². The number of nitrogens with zero attached hydrogens (tertiary/aromatic N) is 3. The third-order valence-electron chi connectivity index (χ3n) is 5.66.